The van der Waals surface area contributed by atoms with Crippen molar-refractivity contribution in [3.05, 3.63) is 88.6 Å². The number of para-hydroxylation sites is 1. The van der Waals surface area contributed by atoms with Crippen LogP contribution in [0.2, 0.25) is 0 Å². The zero-order valence-corrected chi connectivity index (χ0v) is 20.0. The topological polar surface area (TPSA) is 59.1 Å². The van der Waals surface area contributed by atoms with E-state index in [9.17, 15) is 9.59 Å². The second-order valence-electron chi connectivity index (χ2n) is 8.33. The first kappa shape index (κ1) is 24.0. The molecule has 178 valence electrons. The summed E-state index contributed by atoms with van der Waals surface area (Å²) in [5.74, 6) is 0.314. The van der Waals surface area contributed by atoms with E-state index in [0.29, 0.717) is 32.0 Å². The van der Waals surface area contributed by atoms with Crippen molar-refractivity contribution in [1.29, 1.82) is 0 Å². The fraction of sp³-hybridized carbons (Fsp3) is 0.333. The van der Waals surface area contributed by atoms with Gasteiger partial charge in [-0.1, -0.05) is 54.6 Å². The Kier molecular flexibility index (Phi) is 8.71. The molecule has 0 saturated carbocycles. The molecular formula is C27H30N2O4S. The molecule has 1 aromatic heterocycles. The van der Waals surface area contributed by atoms with Gasteiger partial charge in [-0.15, -0.1) is 11.3 Å². The minimum Gasteiger partial charge on any atom is -0.484 e. The van der Waals surface area contributed by atoms with E-state index in [1.165, 1.54) is 0 Å². The van der Waals surface area contributed by atoms with Crippen LogP contribution in [0.25, 0.3) is 0 Å². The molecule has 3 aromatic rings. The fourth-order valence-electron chi connectivity index (χ4n) is 3.93. The normalized spacial score (nSPS) is 15.1. The van der Waals surface area contributed by atoms with Crippen LogP contribution >= 0.6 is 11.3 Å². The van der Waals surface area contributed by atoms with Crippen molar-refractivity contribution in [2.75, 3.05) is 26.3 Å². The zero-order valence-electron chi connectivity index (χ0n) is 19.2. The Morgan fingerprint density at radius 3 is 2.35 bits per heavy atom. The summed E-state index contributed by atoms with van der Waals surface area (Å²) in [5, 5.41) is 2.01. The van der Waals surface area contributed by atoms with E-state index in [-0.39, 0.29) is 31.1 Å². The summed E-state index contributed by atoms with van der Waals surface area (Å²) in [5.41, 5.74) is 1.05. The van der Waals surface area contributed by atoms with Gasteiger partial charge in [-0.25, -0.2) is 0 Å². The minimum absolute atomic E-state index is 0.00491. The third-order valence-electron chi connectivity index (χ3n) is 5.73. The molecule has 6 nitrogen and oxygen atoms in total. The Morgan fingerprint density at radius 1 is 0.912 bits per heavy atom. The Hall–Kier alpha value is -3.16. The number of nitrogens with zero attached hydrogens (tertiary/aromatic N) is 2. The first-order valence-electron chi connectivity index (χ1n) is 11.6. The van der Waals surface area contributed by atoms with Gasteiger partial charge in [0, 0.05) is 24.6 Å². The van der Waals surface area contributed by atoms with Crippen molar-refractivity contribution in [1.82, 2.24) is 9.80 Å². The molecule has 2 aromatic carbocycles. The van der Waals surface area contributed by atoms with Crippen molar-refractivity contribution in [2.24, 2.45) is 0 Å². The van der Waals surface area contributed by atoms with Crippen molar-refractivity contribution < 1.29 is 19.1 Å². The maximum absolute atomic E-state index is 13.5. The lowest BCUT2D eigenvalue weighted by Gasteiger charge is -2.29. The highest BCUT2D eigenvalue weighted by Gasteiger charge is 2.27. The van der Waals surface area contributed by atoms with Gasteiger partial charge >= 0.3 is 0 Å². The number of hydrogen-bond donors (Lipinski definition) is 0. The third-order valence-corrected chi connectivity index (χ3v) is 6.59. The van der Waals surface area contributed by atoms with Gasteiger partial charge in [0.1, 0.15) is 5.75 Å². The van der Waals surface area contributed by atoms with Gasteiger partial charge in [-0.2, -0.15) is 0 Å². The summed E-state index contributed by atoms with van der Waals surface area (Å²) >= 11 is 1.62. The molecule has 1 saturated heterocycles. The van der Waals surface area contributed by atoms with Crippen LogP contribution in [0.4, 0.5) is 0 Å². The fourth-order valence-corrected chi connectivity index (χ4v) is 4.65. The first-order chi connectivity index (χ1) is 16.7. The molecule has 1 aliphatic heterocycles. The number of amides is 2. The number of ether oxygens (including phenoxy) is 2. The molecule has 34 heavy (non-hydrogen) atoms. The lowest BCUT2D eigenvalue weighted by molar-refractivity contribution is -0.143. The second kappa shape index (κ2) is 12.3. The smallest absolute Gasteiger partial charge is 0.261 e. The molecule has 0 spiro atoms. The lowest BCUT2D eigenvalue weighted by Crippen LogP contribution is -2.46. The summed E-state index contributed by atoms with van der Waals surface area (Å²) in [4.78, 5) is 31.1. The van der Waals surface area contributed by atoms with Crippen LogP contribution in [0, 0.1) is 0 Å². The number of hydrogen-bond acceptors (Lipinski definition) is 5. The highest BCUT2D eigenvalue weighted by atomic mass is 32.1. The van der Waals surface area contributed by atoms with Gasteiger partial charge < -0.3 is 19.3 Å². The number of carbonyl (C=O) groups excluding carboxylic acids is 2. The van der Waals surface area contributed by atoms with Crippen molar-refractivity contribution in [2.45, 2.75) is 32.0 Å². The van der Waals surface area contributed by atoms with Crippen molar-refractivity contribution in [3.8, 4) is 5.75 Å². The molecule has 0 N–H and O–H groups in total. The Bertz CT molecular complexity index is 1020. The quantitative estimate of drug-likeness (QED) is 0.411. The molecule has 1 atom stereocenters. The van der Waals surface area contributed by atoms with Crippen molar-refractivity contribution in [3.63, 3.8) is 0 Å². The molecule has 1 aliphatic rings. The monoisotopic (exact) mass is 478 g/mol. The summed E-state index contributed by atoms with van der Waals surface area (Å²) in [6.07, 6.45) is 1.81. The third kappa shape index (κ3) is 7.17. The van der Waals surface area contributed by atoms with E-state index in [4.69, 9.17) is 9.47 Å². The summed E-state index contributed by atoms with van der Waals surface area (Å²) in [6.45, 7) is 1.96. The predicted molar refractivity (Wildman–Crippen MR) is 133 cm³/mol. The summed E-state index contributed by atoms with van der Waals surface area (Å²) in [7, 11) is 0. The highest BCUT2D eigenvalue weighted by molar-refractivity contribution is 7.09. The Morgan fingerprint density at radius 2 is 1.68 bits per heavy atom. The van der Waals surface area contributed by atoms with Crippen LogP contribution in [0.15, 0.2) is 78.2 Å². The summed E-state index contributed by atoms with van der Waals surface area (Å²) in [6, 6.07) is 23.2. The summed E-state index contributed by atoms with van der Waals surface area (Å²) < 4.78 is 11.4. The molecule has 1 fully saturated rings. The second-order valence-corrected chi connectivity index (χ2v) is 9.36. The SMILES string of the molecule is O=C(CN(CC1CCCO1)C(=O)COc1ccccc1)N(Cc1ccccc1)Cc1cccs1. The van der Waals surface area contributed by atoms with E-state index in [1.807, 2.05) is 83.1 Å². The van der Waals surface area contributed by atoms with E-state index in [2.05, 4.69) is 0 Å². The Labute approximate surface area is 204 Å². The molecule has 7 heteroatoms. The predicted octanol–water partition coefficient (Wildman–Crippen LogP) is 4.36. The van der Waals surface area contributed by atoms with Gasteiger partial charge in [0.25, 0.3) is 5.91 Å². The standard InChI is InChI=1S/C27H30N2O4S/c30-26(28(19-25-14-8-16-34-25)17-22-9-3-1-4-10-22)20-29(18-24-13-7-15-32-24)27(31)21-33-23-11-5-2-6-12-23/h1-6,8-12,14,16,24H,7,13,15,17-21H2. The van der Waals surface area contributed by atoms with Gasteiger partial charge in [-0.3, -0.25) is 9.59 Å². The van der Waals surface area contributed by atoms with E-state index in [0.717, 1.165) is 23.3 Å². The molecule has 4 rings (SSSR count). The molecular weight excluding hydrogens is 448 g/mol. The Balaban J connectivity index is 1.45. The number of carbonyl (C=O) groups is 2. The van der Waals surface area contributed by atoms with Crippen LogP contribution in [0.5, 0.6) is 5.75 Å². The van der Waals surface area contributed by atoms with E-state index in [1.54, 1.807) is 16.2 Å². The average molecular weight is 479 g/mol. The molecule has 2 heterocycles. The van der Waals surface area contributed by atoms with Crippen LogP contribution in [-0.2, 0) is 27.4 Å². The van der Waals surface area contributed by atoms with Gasteiger partial charge in [-0.05, 0) is 42.0 Å². The first-order valence-corrected chi connectivity index (χ1v) is 12.5. The maximum Gasteiger partial charge on any atom is 0.261 e. The number of thiophene rings is 1. The molecule has 2 amide bonds. The van der Waals surface area contributed by atoms with E-state index >= 15 is 0 Å². The molecule has 0 aliphatic carbocycles. The van der Waals surface area contributed by atoms with Gasteiger partial charge in [0.15, 0.2) is 6.61 Å². The molecule has 1 unspecified atom stereocenters. The van der Waals surface area contributed by atoms with Gasteiger partial charge in [0.2, 0.25) is 5.91 Å². The van der Waals surface area contributed by atoms with Crippen LogP contribution in [0.3, 0.4) is 0 Å². The highest BCUT2D eigenvalue weighted by Crippen LogP contribution is 2.17. The zero-order chi connectivity index (χ0) is 23.6. The lowest BCUT2D eigenvalue weighted by atomic mass is 10.2. The van der Waals surface area contributed by atoms with Gasteiger partial charge in [0.05, 0.1) is 19.2 Å². The van der Waals surface area contributed by atoms with E-state index < -0.39 is 0 Å². The maximum atomic E-state index is 13.5. The average Bonchev–Trinajstić information content (AvgIpc) is 3.57. The van der Waals surface area contributed by atoms with Crippen LogP contribution in [-0.4, -0.2) is 54.0 Å². The largest absolute Gasteiger partial charge is 0.484 e. The van der Waals surface area contributed by atoms with Crippen molar-refractivity contribution >= 4 is 23.2 Å². The number of rotatable bonds is 11. The number of benzene rings is 2. The minimum atomic E-state index is -0.219. The molecule has 0 bridgehead atoms. The molecule has 0 radical (unpaired) electrons. The van der Waals surface area contributed by atoms with Crippen LogP contribution < -0.4 is 4.74 Å². The van der Waals surface area contributed by atoms with Crippen LogP contribution in [0.1, 0.15) is 23.3 Å².